The van der Waals surface area contributed by atoms with Crippen LogP contribution in [-0.2, 0) is 0 Å². The zero-order valence-electron chi connectivity index (χ0n) is 14.7. The van der Waals surface area contributed by atoms with Crippen LogP contribution in [0.3, 0.4) is 0 Å². The van der Waals surface area contributed by atoms with E-state index < -0.39 is 0 Å². The second-order valence-electron chi connectivity index (χ2n) is 6.40. The molecule has 0 aromatic heterocycles. The van der Waals surface area contributed by atoms with Crippen molar-refractivity contribution in [1.29, 1.82) is 0 Å². The normalized spacial score (nSPS) is 10.8. The van der Waals surface area contributed by atoms with E-state index in [9.17, 15) is 0 Å². The first-order valence-corrected chi connectivity index (χ1v) is 9.61. The summed E-state index contributed by atoms with van der Waals surface area (Å²) in [7, 11) is 0. The number of unbranched alkanes of at least 4 members (excludes halogenated alkanes) is 12. The molecule has 1 aromatic rings. The van der Waals surface area contributed by atoms with Gasteiger partial charge in [-0.15, -0.1) is 0 Å². The number of benzene rings is 1. The molecular formula is C21H36O. The molecule has 0 fully saturated rings. The highest BCUT2D eigenvalue weighted by molar-refractivity contribution is 5.20. The molecule has 0 aliphatic rings. The van der Waals surface area contributed by atoms with Crippen LogP contribution < -0.4 is 4.74 Å². The third-order valence-electron chi connectivity index (χ3n) is 4.26. The van der Waals surface area contributed by atoms with Gasteiger partial charge in [0.2, 0.25) is 0 Å². The molecule has 0 amide bonds. The Morgan fingerprint density at radius 3 is 1.55 bits per heavy atom. The highest BCUT2D eigenvalue weighted by atomic mass is 16.5. The average molecular weight is 305 g/mol. The summed E-state index contributed by atoms with van der Waals surface area (Å²) in [4.78, 5) is 0. The first-order chi connectivity index (χ1) is 10.9. The molecule has 1 heteroatoms. The average Bonchev–Trinajstić information content (AvgIpc) is 2.56. The van der Waals surface area contributed by atoms with Crippen LogP contribution in [-0.4, -0.2) is 6.61 Å². The molecule has 0 heterocycles. The van der Waals surface area contributed by atoms with Gasteiger partial charge >= 0.3 is 0 Å². The van der Waals surface area contributed by atoms with Gasteiger partial charge in [-0.3, -0.25) is 0 Å². The van der Waals surface area contributed by atoms with Crippen molar-refractivity contribution >= 4 is 0 Å². The van der Waals surface area contributed by atoms with Crippen LogP contribution in [0.2, 0.25) is 0 Å². The first kappa shape index (κ1) is 19.1. The molecule has 1 rings (SSSR count). The van der Waals surface area contributed by atoms with E-state index in [1.807, 2.05) is 30.3 Å². The zero-order chi connectivity index (χ0) is 15.7. The van der Waals surface area contributed by atoms with Crippen LogP contribution in [0.5, 0.6) is 5.75 Å². The molecule has 22 heavy (non-hydrogen) atoms. The molecule has 126 valence electrons. The van der Waals surface area contributed by atoms with Gasteiger partial charge in [0.15, 0.2) is 0 Å². The lowest BCUT2D eigenvalue weighted by molar-refractivity contribution is 0.304. The third-order valence-corrected chi connectivity index (χ3v) is 4.26. The number of hydrogen-bond donors (Lipinski definition) is 0. The molecule has 0 unspecified atom stereocenters. The summed E-state index contributed by atoms with van der Waals surface area (Å²) in [5, 5.41) is 0. The van der Waals surface area contributed by atoms with Crippen molar-refractivity contribution in [3.63, 3.8) is 0 Å². The van der Waals surface area contributed by atoms with Crippen molar-refractivity contribution in [2.24, 2.45) is 0 Å². The molecule has 1 aromatic carbocycles. The van der Waals surface area contributed by atoms with Gasteiger partial charge in [0, 0.05) is 0 Å². The van der Waals surface area contributed by atoms with Gasteiger partial charge in [-0.2, -0.15) is 0 Å². The predicted molar refractivity (Wildman–Crippen MR) is 97.6 cm³/mol. The summed E-state index contributed by atoms with van der Waals surface area (Å²) < 4.78 is 5.71. The lowest BCUT2D eigenvalue weighted by Crippen LogP contribution is -1.96. The summed E-state index contributed by atoms with van der Waals surface area (Å²) >= 11 is 0. The third kappa shape index (κ3) is 11.7. The molecule has 0 spiro atoms. The first-order valence-electron chi connectivity index (χ1n) is 9.61. The Labute approximate surface area is 138 Å². The quantitative estimate of drug-likeness (QED) is 0.312. The Kier molecular flexibility index (Phi) is 12.9. The van der Waals surface area contributed by atoms with E-state index in [4.69, 9.17) is 4.74 Å². The fraction of sp³-hybridized carbons (Fsp3) is 0.714. The smallest absolute Gasteiger partial charge is 0.119 e. The van der Waals surface area contributed by atoms with Gasteiger partial charge in [-0.05, 0) is 18.6 Å². The minimum atomic E-state index is 0.863. The van der Waals surface area contributed by atoms with Gasteiger partial charge in [0.05, 0.1) is 6.61 Å². The highest BCUT2D eigenvalue weighted by Gasteiger charge is 1.95. The predicted octanol–water partition coefficient (Wildman–Crippen LogP) is 7.16. The van der Waals surface area contributed by atoms with E-state index in [1.54, 1.807) is 0 Å². The Balaban J connectivity index is 1.73. The fourth-order valence-electron chi connectivity index (χ4n) is 2.83. The lowest BCUT2D eigenvalue weighted by Gasteiger charge is -2.06. The number of para-hydroxylation sites is 1. The van der Waals surface area contributed by atoms with Crippen LogP contribution >= 0.6 is 0 Å². The molecule has 0 N–H and O–H groups in total. The van der Waals surface area contributed by atoms with Crippen LogP contribution in [0.4, 0.5) is 0 Å². The van der Waals surface area contributed by atoms with E-state index in [-0.39, 0.29) is 0 Å². The van der Waals surface area contributed by atoms with Gasteiger partial charge in [-0.25, -0.2) is 0 Å². The van der Waals surface area contributed by atoms with Gasteiger partial charge < -0.3 is 4.74 Å². The summed E-state index contributed by atoms with van der Waals surface area (Å²) in [6.45, 7) is 3.15. The van der Waals surface area contributed by atoms with E-state index in [2.05, 4.69) is 6.92 Å². The molecule has 0 aliphatic heterocycles. The zero-order valence-corrected chi connectivity index (χ0v) is 14.7. The molecule has 0 atom stereocenters. The van der Waals surface area contributed by atoms with E-state index >= 15 is 0 Å². The van der Waals surface area contributed by atoms with Crippen LogP contribution in [0.1, 0.15) is 90.4 Å². The Morgan fingerprint density at radius 1 is 0.591 bits per heavy atom. The molecule has 0 bridgehead atoms. The fourth-order valence-corrected chi connectivity index (χ4v) is 2.83. The Morgan fingerprint density at radius 2 is 1.05 bits per heavy atom. The minimum Gasteiger partial charge on any atom is -0.494 e. The summed E-state index contributed by atoms with van der Waals surface area (Å²) in [6, 6.07) is 10.1. The van der Waals surface area contributed by atoms with Crippen molar-refractivity contribution in [1.82, 2.24) is 0 Å². The summed E-state index contributed by atoms with van der Waals surface area (Å²) in [5.74, 6) is 1.00. The van der Waals surface area contributed by atoms with Crippen LogP contribution in [0.25, 0.3) is 0 Å². The van der Waals surface area contributed by atoms with E-state index in [0.717, 1.165) is 12.4 Å². The molecule has 0 aliphatic carbocycles. The summed E-state index contributed by atoms with van der Waals surface area (Å²) in [5.41, 5.74) is 0. The Hall–Kier alpha value is -0.980. The van der Waals surface area contributed by atoms with Crippen molar-refractivity contribution < 1.29 is 4.74 Å². The highest BCUT2D eigenvalue weighted by Crippen LogP contribution is 2.13. The molecular weight excluding hydrogens is 268 g/mol. The maximum absolute atomic E-state index is 5.71. The van der Waals surface area contributed by atoms with Crippen molar-refractivity contribution in [3.8, 4) is 5.75 Å². The van der Waals surface area contributed by atoms with Gasteiger partial charge in [0.1, 0.15) is 5.75 Å². The van der Waals surface area contributed by atoms with E-state index in [1.165, 1.54) is 83.5 Å². The lowest BCUT2D eigenvalue weighted by atomic mass is 10.0. The van der Waals surface area contributed by atoms with Crippen molar-refractivity contribution in [2.75, 3.05) is 6.61 Å². The van der Waals surface area contributed by atoms with Gasteiger partial charge in [-0.1, -0.05) is 102 Å². The second-order valence-corrected chi connectivity index (χ2v) is 6.40. The number of rotatable bonds is 15. The standard InChI is InChI=1S/C21H36O/c1-2-3-4-5-6-7-8-9-10-11-12-13-17-20-22-21-18-15-14-16-19-21/h14-16,18-19H,2-13,17,20H2,1H3. The Bertz CT molecular complexity index is 320. The largest absolute Gasteiger partial charge is 0.494 e. The van der Waals surface area contributed by atoms with Crippen LogP contribution in [0, 0.1) is 0 Å². The van der Waals surface area contributed by atoms with Crippen molar-refractivity contribution in [2.45, 2.75) is 90.4 Å². The molecule has 0 saturated heterocycles. The van der Waals surface area contributed by atoms with Crippen LogP contribution in [0.15, 0.2) is 30.3 Å². The monoisotopic (exact) mass is 304 g/mol. The number of hydrogen-bond acceptors (Lipinski definition) is 1. The topological polar surface area (TPSA) is 9.23 Å². The van der Waals surface area contributed by atoms with Crippen molar-refractivity contribution in [3.05, 3.63) is 30.3 Å². The maximum atomic E-state index is 5.71. The molecule has 1 nitrogen and oxygen atoms in total. The number of ether oxygens (including phenoxy) is 1. The van der Waals surface area contributed by atoms with E-state index in [0.29, 0.717) is 0 Å². The second kappa shape index (κ2) is 14.9. The maximum Gasteiger partial charge on any atom is 0.119 e. The minimum absolute atomic E-state index is 0.863. The SMILES string of the molecule is CCCCCCCCCCCCCCCOc1ccccc1. The molecule has 0 saturated carbocycles. The summed E-state index contributed by atoms with van der Waals surface area (Å²) in [6.07, 6.45) is 18.2. The van der Waals surface area contributed by atoms with Gasteiger partial charge in [0.25, 0.3) is 0 Å². The molecule has 0 radical (unpaired) electrons.